The van der Waals surface area contributed by atoms with Gasteiger partial charge < -0.3 is 14.5 Å². The van der Waals surface area contributed by atoms with Crippen LogP contribution in [0.25, 0.3) is 22.6 Å². The molecule has 0 saturated carbocycles. The number of anilines is 1. The lowest BCUT2D eigenvalue weighted by Crippen LogP contribution is -2.11. The topological polar surface area (TPSA) is 77.2 Å². The Morgan fingerprint density at radius 1 is 1.12 bits per heavy atom. The number of methoxy groups -OCH3 is 1. The molecular weight excluding hydrogens is 330 g/mol. The first kappa shape index (κ1) is 15.8. The van der Waals surface area contributed by atoms with Crippen molar-refractivity contribution in [2.45, 2.75) is 0 Å². The fourth-order valence-electron chi connectivity index (χ4n) is 2.58. The van der Waals surface area contributed by atoms with Crippen LogP contribution in [0.3, 0.4) is 0 Å². The predicted molar refractivity (Wildman–Crippen MR) is 98.2 cm³/mol. The maximum atomic E-state index is 12.4. The highest BCUT2D eigenvalue weighted by Crippen LogP contribution is 2.26. The number of amides is 1. The van der Waals surface area contributed by atoms with Crippen molar-refractivity contribution in [3.05, 3.63) is 72.6 Å². The van der Waals surface area contributed by atoms with Crippen LogP contribution in [0.1, 0.15) is 10.4 Å². The van der Waals surface area contributed by atoms with Crippen molar-refractivity contribution in [3.8, 4) is 17.2 Å². The number of oxazole rings is 1. The average Bonchev–Trinajstić information content (AvgIpc) is 3.12. The third kappa shape index (κ3) is 3.12. The lowest BCUT2D eigenvalue weighted by atomic mass is 10.1. The maximum absolute atomic E-state index is 12.4. The molecule has 4 aromatic rings. The lowest BCUT2D eigenvalue weighted by molar-refractivity contribution is 0.102. The molecule has 26 heavy (non-hydrogen) atoms. The van der Waals surface area contributed by atoms with Crippen molar-refractivity contribution in [2.75, 3.05) is 12.4 Å². The summed E-state index contributed by atoms with van der Waals surface area (Å²) in [7, 11) is 1.59. The van der Waals surface area contributed by atoms with Crippen LogP contribution >= 0.6 is 0 Å². The molecule has 128 valence electrons. The molecule has 0 fully saturated rings. The monoisotopic (exact) mass is 345 g/mol. The largest absolute Gasteiger partial charge is 0.497 e. The molecule has 2 heterocycles. The Hall–Kier alpha value is -3.67. The van der Waals surface area contributed by atoms with Gasteiger partial charge in [0.25, 0.3) is 5.91 Å². The van der Waals surface area contributed by atoms with Crippen LogP contribution in [-0.4, -0.2) is 23.0 Å². The molecule has 6 nitrogen and oxygen atoms in total. The first-order valence-corrected chi connectivity index (χ1v) is 7.99. The van der Waals surface area contributed by atoms with Gasteiger partial charge >= 0.3 is 0 Å². The van der Waals surface area contributed by atoms with Gasteiger partial charge in [0.05, 0.1) is 13.3 Å². The zero-order valence-corrected chi connectivity index (χ0v) is 14.0. The van der Waals surface area contributed by atoms with Gasteiger partial charge in [-0.05, 0) is 42.5 Å². The molecule has 0 spiro atoms. The van der Waals surface area contributed by atoms with E-state index in [2.05, 4.69) is 15.3 Å². The Balaban J connectivity index is 1.57. The smallest absolute Gasteiger partial charge is 0.255 e. The van der Waals surface area contributed by atoms with Gasteiger partial charge in [-0.1, -0.05) is 6.07 Å². The summed E-state index contributed by atoms with van der Waals surface area (Å²) in [6.45, 7) is 0. The predicted octanol–water partition coefficient (Wildman–Crippen LogP) is 4.15. The van der Waals surface area contributed by atoms with E-state index in [1.807, 2.05) is 24.3 Å². The Morgan fingerprint density at radius 2 is 1.96 bits per heavy atom. The summed E-state index contributed by atoms with van der Waals surface area (Å²) < 4.78 is 10.8. The molecule has 0 aliphatic rings. The molecule has 0 aliphatic heterocycles. The van der Waals surface area contributed by atoms with Crippen molar-refractivity contribution in [3.63, 3.8) is 0 Å². The Kier molecular flexibility index (Phi) is 4.07. The van der Waals surface area contributed by atoms with Crippen molar-refractivity contribution in [1.82, 2.24) is 9.97 Å². The van der Waals surface area contributed by atoms with Crippen LogP contribution in [0.15, 0.2) is 71.4 Å². The minimum atomic E-state index is -0.202. The molecule has 0 bridgehead atoms. The van der Waals surface area contributed by atoms with Gasteiger partial charge in [0.15, 0.2) is 5.58 Å². The minimum absolute atomic E-state index is 0.202. The number of fused-ring (bicyclic) bond motifs is 1. The van der Waals surface area contributed by atoms with Gasteiger partial charge in [-0.2, -0.15) is 0 Å². The summed E-state index contributed by atoms with van der Waals surface area (Å²) in [4.78, 5) is 20.9. The second kappa shape index (κ2) is 6.68. The number of hydrogen-bond acceptors (Lipinski definition) is 5. The zero-order valence-electron chi connectivity index (χ0n) is 14.0. The van der Waals surface area contributed by atoms with Crippen LogP contribution in [0.5, 0.6) is 5.75 Å². The summed E-state index contributed by atoms with van der Waals surface area (Å²) >= 11 is 0. The van der Waals surface area contributed by atoms with Gasteiger partial charge in [-0.15, -0.1) is 0 Å². The standard InChI is InChI=1S/C20H15N3O3/c1-25-16-7-5-13(6-8-16)19(24)22-15-4-2-3-14(11-15)20-23-17-12-21-10-9-18(17)26-20/h2-12H,1H3,(H,22,24). The van der Waals surface area contributed by atoms with E-state index in [1.165, 1.54) is 0 Å². The summed E-state index contributed by atoms with van der Waals surface area (Å²) in [5, 5.41) is 2.88. The van der Waals surface area contributed by atoms with Gasteiger partial charge in [0.1, 0.15) is 11.3 Å². The number of aromatic nitrogens is 2. The lowest BCUT2D eigenvalue weighted by Gasteiger charge is -2.07. The minimum Gasteiger partial charge on any atom is -0.497 e. The van der Waals surface area contributed by atoms with Crippen LogP contribution in [0.4, 0.5) is 5.69 Å². The first-order chi connectivity index (χ1) is 12.7. The number of rotatable bonds is 4. The molecule has 4 rings (SSSR count). The fourth-order valence-corrected chi connectivity index (χ4v) is 2.58. The summed E-state index contributed by atoms with van der Waals surface area (Å²) in [5.41, 5.74) is 3.33. The number of pyridine rings is 1. The van der Waals surface area contributed by atoms with E-state index in [0.29, 0.717) is 34.0 Å². The Morgan fingerprint density at radius 3 is 2.73 bits per heavy atom. The highest BCUT2D eigenvalue weighted by molar-refractivity contribution is 6.04. The molecule has 6 heteroatoms. The number of nitrogens with one attached hydrogen (secondary N) is 1. The number of carbonyl (C=O) groups excluding carboxylic acids is 1. The van der Waals surface area contributed by atoms with Crippen molar-refractivity contribution >= 4 is 22.7 Å². The molecule has 0 unspecified atom stereocenters. The highest BCUT2D eigenvalue weighted by Gasteiger charge is 2.10. The van der Waals surface area contributed by atoms with E-state index in [9.17, 15) is 4.79 Å². The molecule has 0 radical (unpaired) electrons. The molecule has 0 saturated heterocycles. The summed E-state index contributed by atoms with van der Waals surface area (Å²) in [6.07, 6.45) is 3.31. The normalized spacial score (nSPS) is 10.7. The van der Waals surface area contributed by atoms with E-state index in [1.54, 1.807) is 49.8 Å². The summed E-state index contributed by atoms with van der Waals surface area (Å²) in [6, 6.07) is 16.0. The van der Waals surface area contributed by atoms with Crippen LogP contribution in [0.2, 0.25) is 0 Å². The highest BCUT2D eigenvalue weighted by atomic mass is 16.5. The second-order valence-electron chi connectivity index (χ2n) is 5.63. The molecule has 1 N–H and O–H groups in total. The molecule has 0 aliphatic carbocycles. The Labute approximate surface area is 149 Å². The van der Waals surface area contributed by atoms with Crippen molar-refractivity contribution < 1.29 is 13.9 Å². The van der Waals surface area contributed by atoms with E-state index in [4.69, 9.17) is 9.15 Å². The SMILES string of the molecule is COc1ccc(C(=O)Nc2cccc(-c3nc4cnccc4o3)c2)cc1. The second-order valence-corrected chi connectivity index (χ2v) is 5.63. The van der Waals surface area contributed by atoms with E-state index in [-0.39, 0.29) is 5.91 Å². The maximum Gasteiger partial charge on any atom is 0.255 e. The van der Waals surface area contributed by atoms with Crippen LogP contribution in [-0.2, 0) is 0 Å². The fraction of sp³-hybridized carbons (Fsp3) is 0.0500. The van der Waals surface area contributed by atoms with Crippen molar-refractivity contribution in [2.24, 2.45) is 0 Å². The number of hydrogen-bond donors (Lipinski definition) is 1. The summed E-state index contributed by atoms with van der Waals surface area (Å²) in [5.74, 6) is 0.981. The quantitative estimate of drug-likeness (QED) is 0.601. The van der Waals surface area contributed by atoms with E-state index in [0.717, 1.165) is 5.56 Å². The van der Waals surface area contributed by atoms with E-state index >= 15 is 0 Å². The molecule has 2 aromatic carbocycles. The third-order valence-electron chi connectivity index (χ3n) is 3.91. The average molecular weight is 345 g/mol. The third-order valence-corrected chi connectivity index (χ3v) is 3.91. The van der Waals surface area contributed by atoms with Crippen LogP contribution < -0.4 is 10.1 Å². The molecule has 0 atom stereocenters. The molecular formula is C20H15N3O3. The van der Waals surface area contributed by atoms with Gasteiger partial charge in [0.2, 0.25) is 5.89 Å². The molecule has 2 aromatic heterocycles. The van der Waals surface area contributed by atoms with Gasteiger partial charge in [-0.25, -0.2) is 4.98 Å². The van der Waals surface area contributed by atoms with Gasteiger partial charge in [0, 0.05) is 29.1 Å². The van der Waals surface area contributed by atoms with Crippen molar-refractivity contribution in [1.29, 1.82) is 0 Å². The first-order valence-electron chi connectivity index (χ1n) is 7.99. The number of nitrogens with zero attached hydrogens (tertiary/aromatic N) is 2. The zero-order chi connectivity index (χ0) is 17.9. The molecule has 1 amide bonds. The number of carbonyl (C=O) groups is 1. The van der Waals surface area contributed by atoms with E-state index < -0.39 is 0 Å². The van der Waals surface area contributed by atoms with Crippen LogP contribution in [0, 0.1) is 0 Å². The Bertz CT molecular complexity index is 1040. The number of benzene rings is 2. The number of ether oxygens (including phenoxy) is 1. The van der Waals surface area contributed by atoms with Gasteiger partial charge in [-0.3, -0.25) is 9.78 Å².